The van der Waals surface area contributed by atoms with Gasteiger partial charge in [-0.2, -0.15) is 0 Å². The van der Waals surface area contributed by atoms with Gasteiger partial charge < -0.3 is 23.8 Å². The van der Waals surface area contributed by atoms with Crippen LogP contribution in [0.4, 0.5) is 4.79 Å². The van der Waals surface area contributed by atoms with Crippen molar-refractivity contribution in [3.05, 3.63) is 77.6 Å². The highest BCUT2D eigenvalue weighted by molar-refractivity contribution is 7.51. The topological polar surface area (TPSA) is 85.3 Å². The van der Waals surface area contributed by atoms with E-state index in [1.807, 2.05) is 56.3 Å². The van der Waals surface area contributed by atoms with Gasteiger partial charge in [0.05, 0.1) is 18.5 Å². The molecule has 1 saturated heterocycles. The minimum absolute atomic E-state index is 0.00541. The SMILES string of the molecule is C=C(C)OC(=O)N1CCC(Cc2ccccc2OCc2ccc(CP(=O)(O)OCC)cc2)CC1.CC. The highest BCUT2D eigenvalue weighted by atomic mass is 31.2. The summed E-state index contributed by atoms with van der Waals surface area (Å²) in [4.78, 5) is 23.6. The number of para-hydroxylation sites is 1. The van der Waals surface area contributed by atoms with Gasteiger partial charge in [-0.15, -0.1) is 0 Å². The summed E-state index contributed by atoms with van der Waals surface area (Å²) in [5, 5.41) is 0. The number of carbonyl (C=O) groups excluding carboxylic acids is 1. The number of hydrogen-bond acceptors (Lipinski definition) is 5. The molecule has 0 spiro atoms. The zero-order chi connectivity index (χ0) is 26.6. The van der Waals surface area contributed by atoms with Gasteiger partial charge in [0.15, 0.2) is 0 Å². The molecule has 0 aliphatic carbocycles. The molecule has 198 valence electrons. The minimum Gasteiger partial charge on any atom is -0.489 e. The Morgan fingerprint density at radius 2 is 1.69 bits per heavy atom. The number of rotatable bonds is 10. The molecule has 8 heteroatoms. The molecule has 2 aromatic rings. The fourth-order valence-corrected chi connectivity index (χ4v) is 5.20. The smallest absolute Gasteiger partial charge is 0.414 e. The lowest BCUT2D eigenvalue weighted by Crippen LogP contribution is -2.39. The van der Waals surface area contributed by atoms with E-state index in [9.17, 15) is 14.3 Å². The van der Waals surface area contributed by atoms with Gasteiger partial charge in [0.25, 0.3) is 0 Å². The van der Waals surface area contributed by atoms with Crippen LogP contribution in [-0.2, 0) is 33.0 Å². The standard InChI is InChI=1S/C26H34NO6P.C2H6/c1-4-32-34(29,30)19-23-11-9-22(10-12-23)18-31-25-8-6-5-7-24(25)17-21-13-15-27(16-14-21)26(28)33-20(2)3;1-2/h5-12,21H,2,4,13-19H2,1,3H3,(H,29,30);1-2H3. The Labute approximate surface area is 215 Å². The van der Waals surface area contributed by atoms with E-state index in [-0.39, 0.29) is 18.9 Å². The second kappa shape index (κ2) is 14.8. The Kier molecular flexibility index (Phi) is 12.2. The molecule has 1 aliphatic heterocycles. The second-order valence-electron chi connectivity index (χ2n) is 8.63. The maximum absolute atomic E-state index is 12.1. The van der Waals surface area contributed by atoms with E-state index in [0.717, 1.165) is 41.7 Å². The first-order valence-corrected chi connectivity index (χ1v) is 14.4. The van der Waals surface area contributed by atoms with Crippen LogP contribution in [0.5, 0.6) is 5.75 Å². The molecule has 1 amide bonds. The van der Waals surface area contributed by atoms with E-state index in [0.29, 0.717) is 31.4 Å². The molecule has 1 fully saturated rings. The van der Waals surface area contributed by atoms with Crippen LogP contribution in [0.1, 0.15) is 57.2 Å². The number of amides is 1. The van der Waals surface area contributed by atoms with Gasteiger partial charge in [-0.1, -0.05) is 62.9 Å². The van der Waals surface area contributed by atoms with Crippen LogP contribution < -0.4 is 4.74 Å². The first-order chi connectivity index (χ1) is 17.3. The summed E-state index contributed by atoms with van der Waals surface area (Å²) in [5.41, 5.74) is 2.88. The number of carbonyl (C=O) groups is 1. The second-order valence-corrected chi connectivity index (χ2v) is 10.5. The fourth-order valence-electron chi connectivity index (χ4n) is 4.04. The lowest BCUT2D eigenvalue weighted by Gasteiger charge is -2.31. The largest absolute Gasteiger partial charge is 0.489 e. The number of benzene rings is 2. The van der Waals surface area contributed by atoms with Crippen molar-refractivity contribution in [1.29, 1.82) is 0 Å². The molecule has 1 N–H and O–H groups in total. The fraction of sp³-hybridized carbons (Fsp3) is 0.464. The zero-order valence-corrected chi connectivity index (χ0v) is 22.8. The van der Waals surface area contributed by atoms with Crippen molar-refractivity contribution in [2.75, 3.05) is 19.7 Å². The van der Waals surface area contributed by atoms with Gasteiger partial charge in [0.1, 0.15) is 12.4 Å². The third-order valence-electron chi connectivity index (χ3n) is 5.75. The predicted octanol–water partition coefficient (Wildman–Crippen LogP) is 6.94. The van der Waals surface area contributed by atoms with Gasteiger partial charge in [-0.3, -0.25) is 4.57 Å². The summed E-state index contributed by atoms with van der Waals surface area (Å²) < 4.78 is 28.1. The summed E-state index contributed by atoms with van der Waals surface area (Å²) >= 11 is 0. The third-order valence-corrected chi connectivity index (χ3v) is 7.17. The molecule has 7 nitrogen and oxygen atoms in total. The highest BCUT2D eigenvalue weighted by Gasteiger charge is 2.25. The van der Waals surface area contributed by atoms with Crippen LogP contribution in [0, 0.1) is 5.92 Å². The lowest BCUT2D eigenvalue weighted by molar-refractivity contribution is 0.110. The highest BCUT2D eigenvalue weighted by Crippen LogP contribution is 2.45. The van der Waals surface area contributed by atoms with Gasteiger partial charge >= 0.3 is 13.7 Å². The van der Waals surface area contributed by atoms with Crippen LogP contribution >= 0.6 is 7.60 Å². The van der Waals surface area contributed by atoms with E-state index in [1.54, 1.807) is 18.7 Å². The molecule has 0 aromatic heterocycles. The summed E-state index contributed by atoms with van der Waals surface area (Å²) in [6, 6.07) is 15.5. The van der Waals surface area contributed by atoms with Crippen LogP contribution in [-0.4, -0.2) is 35.6 Å². The average molecular weight is 518 g/mol. The van der Waals surface area contributed by atoms with Gasteiger partial charge in [0.2, 0.25) is 0 Å². The number of allylic oxidation sites excluding steroid dienone is 1. The van der Waals surface area contributed by atoms with Crippen LogP contribution in [0.3, 0.4) is 0 Å². The number of nitrogens with zero attached hydrogens (tertiary/aromatic N) is 1. The van der Waals surface area contributed by atoms with E-state index in [4.69, 9.17) is 14.0 Å². The number of hydrogen-bond donors (Lipinski definition) is 1. The van der Waals surface area contributed by atoms with Crippen molar-refractivity contribution < 1.29 is 28.3 Å². The maximum Gasteiger partial charge on any atom is 0.414 e. The summed E-state index contributed by atoms with van der Waals surface area (Å²) in [6.07, 6.45) is 2.39. The summed E-state index contributed by atoms with van der Waals surface area (Å²) in [5.74, 6) is 1.73. The molecule has 3 rings (SSSR count). The Balaban J connectivity index is 0.00000222. The Bertz CT molecular complexity index is 1010. The van der Waals surface area contributed by atoms with Gasteiger partial charge in [0, 0.05) is 13.1 Å². The molecule has 2 aromatic carbocycles. The van der Waals surface area contributed by atoms with E-state index >= 15 is 0 Å². The van der Waals surface area contributed by atoms with Crippen molar-refractivity contribution in [2.24, 2.45) is 5.92 Å². The van der Waals surface area contributed by atoms with Crippen LogP contribution in [0.15, 0.2) is 60.9 Å². The lowest BCUT2D eigenvalue weighted by atomic mass is 9.90. The molecular weight excluding hydrogens is 477 g/mol. The number of piperidine rings is 1. The van der Waals surface area contributed by atoms with Crippen molar-refractivity contribution in [3.8, 4) is 5.75 Å². The third kappa shape index (κ3) is 9.81. The monoisotopic (exact) mass is 517 g/mol. The number of likely N-dealkylation sites (tertiary alicyclic amines) is 1. The minimum atomic E-state index is -3.60. The summed E-state index contributed by atoms with van der Waals surface area (Å²) in [7, 11) is -3.60. The van der Waals surface area contributed by atoms with E-state index in [2.05, 4.69) is 12.6 Å². The van der Waals surface area contributed by atoms with Crippen molar-refractivity contribution >= 4 is 13.7 Å². The van der Waals surface area contributed by atoms with Crippen LogP contribution in [0.25, 0.3) is 0 Å². The van der Waals surface area contributed by atoms with Crippen LogP contribution in [0.2, 0.25) is 0 Å². The molecule has 36 heavy (non-hydrogen) atoms. The van der Waals surface area contributed by atoms with E-state index < -0.39 is 7.60 Å². The van der Waals surface area contributed by atoms with E-state index in [1.165, 1.54) is 0 Å². The Morgan fingerprint density at radius 3 is 2.31 bits per heavy atom. The molecule has 0 saturated carbocycles. The van der Waals surface area contributed by atoms with Gasteiger partial charge in [-0.05, 0) is 61.8 Å². The van der Waals surface area contributed by atoms with Gasteiger partial charge in [-0.25, -0.2) is 4.79 Å². The molecule has 0 bridgehead atoms. The van der Waals surface area contributed by atoms with Crippen molar-refractivity contribution in [1.82, 2.24) is 4.90 Å². The predicted molar refractivity (Wildman–Crippen MR) is 143 cm³/mol. The normalized spacial score (nSPS) is 15.3. The molecular formula is C28H40NO6P. The quantitative estimate of drug-likeness (QED) is 0.271. The van der Waals surface area contributed by atoms with Crippen molar-refractivity contribution in [2.45, 2.75) is 59.7 Å². The zero-order valence-electron chi connectivity index (χ0n) is 21.9. The molecule has 1 heterocycles. The molecule has 0 radical (unpaired) electrons. The Morgan fingerprint density at radius 1 is 1.08 bits per heavy atom. The Hall–Kier alpha value is -2.60. The summed E-state index contributed by atoms with van der Waals surface area (Å²) in [6.45, 7) is 13.0. The first kappa shape index (κ1) is 29.6. The first-order valence-electron chi connectivity index (χ1n) is 12.6. The molecule has 1 aliphatic rings. The molecule has 1 atom stereocenters. The maximum atomic E-state index is 12.1. The molecule has 1 unspecified atom stereocenters. The average Bonchev–Trinajstić information content (AvgIpc) is 2.85. The van der Waals surface area contributed by atoms with Crippen molar-refractivity contribution in [3.63, 3.8) is 0 Å². The number of ether oxygens (including phenoxy) is 2.